The summed E-state index contributed by atoms with van der Waals surface area (Å²) in [7, 11) is 0. The van der Waals surface area contributed by atoms with Crippen molar-refractivity contribution in [1.29, 1.82) is 0 Å². The average Bonchev–Trinajstić information content (AvgIpc) is 2.55. The van der Waals surface area contributed by atoms with Gasteiger partial charge < -0.3 is 10.6 Å². The van der Waals surface area contributed by atoms with E-state index in [1.165, 1.54) is 0 Å². The molecule has 0 bridgehead atoms. The summed E-state index contributed by atoms with van der Waals surface area (Å²) in [6.45, 7) is 4.96. The molecule has 1 aromatic heterocycles. The second-order valence-corrected chi connectivity index (χ2v) is 4.41. The van der Waals surface area contributed by atoms with Crippen molar-refractivity contribution >= 4 is 28.7 Å². The summed E-state index contributed by atoms with van der Waals surface area (Å²) in [5.41, 5.74) is 2.97. The fourth-order valence-corrected chi connectivity index (χ4v) is 1.91. The average molecular weight is 229 g/mol. The molecule has 5 heteroatoms. The number of rotatable bonds is 4. The van der Waals surface area contributed by atoms with Gasteiger partial charge in [0.25, 0.3) is 0 Å². The van der Waals surface area contributed by atoms with Gasteiger partial charge in [0.15, 0.2) is 5.11 Å². The third-order valence-corrected chi connectivity index (χ3v) is 2.47. The van der Waals surface area contributed by atoms with Crippen LogP contribution in [-0.2, 0) is 6.42 Å². The normalized spacial score (nSPS) is 10.2. The lowest BCUT2D eigenvalue weighted by Gasteiger charge is -2.12. The van der Waals surface area contributed by atoms with Gasteiger partial charge in [-0.15, -0.1) is 11.3 Å². The van der Waals surface area contributed by atoms with Gasteiger partial charge in [-0.25, -0.2) is 4.98 Å². The lowest BCUT2D eigenvalue weighted by Crippen LogP contribution is -2.40. The minimum atomic E-state index is 0.384. The molecule has 2 N–H and O–H groups in total. The van der Waals surface area contributed by atoms with Crippen LogP contribution in [0.2, 0.25) is 0 Å². The first-order chi connectivity index (χ1) is 6.68. The van der Waals surface area contributed by atoms with Crippen molar-refractivity contribution in [3.63, 3.8) is 0 Å². The van der Waals surface area contributed by atoms with Crippen molar-refractivity contribution in [3.05, 3.63) is 16.6 Å². The van der Waals surface area contributed by atoms with E-state index in [0.29, 0.717) is 6.04 Å². The molecule has 0 radical (unpaired) electrons. The SMILES string of the molecule is CC(C)NC(=S)NCCc1cscn1. The molecule has 3 nitrogen and oxygen atoms in total. The van der Waals surface area contributed by atoms with Crippen molar-refractivity contribution < 1.29 is 0 Å². The van der Waals surface area contributed by atoms with Crippen LogP contribution >= 0.6 is 23.6 Å². The Morgan fingerprint density at radius 2 is 2.43 bits per heavy atom. The number of hydrogen-bond donors (Lipinski definition) is 2. The first-order valence-electron chi connectivity index (χ1n) is 4.60. The van der Waals surface area contributed by atoms with Crippen LogP contribution in [0.1, 0.15) is 19.5 Å². The van der Waals surface area contributed by atoms with Crippen molar-refractivity contribution in [1.82, 2.24) is 15.6 Å². The van der Waals surface area contributed by atoms with Crippen LogP contribution in [0, 0.1) is 0 Å². The molecule has 0 unspecified atom stereocenters. The van der Waals surface area contributed by atoms with E-state index < -0.39 is 0 Å². The van der Waals surface area contributed by atoms with Gasteiger partial charge in [0.1, 0.15) is 0 Å². The Balaban J connectivity index is 2.12. The number of nitrogens with zero attached hydrogens (tertiary/aromatic N) is 1. The van der Waals surface area contributed by atoms with Crippen LogP contribution in [0.4, 0.5) is 0 Å². The Hall–Kier alpha value is -0.680. The molecule has 0 saturated heterocycles. The zero-order chi connectivity index (χ0) is 10.4. The van der Waals surface area contributed by atoms with Crippen molar-refractivity contribution in [2.75, 3.05) is 6.54 Å². The quantitative estimate of drug-likeness (QED) is 0.768. The second kappa shape index (κ2) is 5.93. The van der Waals surface area contributed by atoms with Gasteiger partial charge in [0.2, 0.25) is 0 Å². The lowest BCUT2D eigenvalue weighted by molar-refractivity contribution is 0.709. The fourth-order valence-electron chi connectivity index (χ4n) is 0.978. The van der Waals surface area contributed by atoms with Crippen LogP contribution in [0.3, 0.4) is 0 Å². The van der Waals surface area contributed by atoms with Gasteiger partial charge in [-0.05, 0) is 26.1 Å². The summed E-state index contributed by atoms with van der Waals surface area (Å²) in [6, 6.07) is 0.384. The maximum Gasteiger partial charge on any atom is 0.166 e. The number of hydrogen-bond acceptors (Lipinski definition) is 3. The highest BCUT2D eigenvalue weighted by molar-refractivity contribution is 7.80. The van der Waals surface area contributed by atoms with E-state index in [-0.39, 0.29) is 0 Å². The van der Waals surface area contributed by atoms with Crippen LogP contribution < -0.4 is 10.6 Å². The Morgan fingerprint density at radius 1 is 1.64 bits per heavy atom. The minimum Gasteiger partial charge on any atom is -0.362 e. The molecule has 78 valence electrons. The van der Waals surface area contributed by atoms with Gasteiger partial charge in [-0.2, -0.15) is 0 Å². The molecular formula is C9H15N3S2. The van der Waals surface area contributed by atoms with Crippen molar-refractivity contribution in [2.45, 2.75) is 26.3 Å². The monoisotopic (exact) mass is 229 g/mol. The van der Waals surface area contributed by atoms with Gasteiger partial charge in [-0.1, -0.05) is 0 Å². The molecule has 0 aliphatic carbocycles. The van der Waals surface area contributed by atoms with Crippen LogP contribution in [0.5, 0.6) is 0 Å². The van der Waals surface area contributed by atoms with Gasteiger partial charge in [0, 0.05) is 24.4 Å². The molecule has 0 aliphatic rings. The van der Waals surface area contributed by atoms with Crippen LogP contribution in [0.15, 0.2) is 10.9 Å². The minimum absolute atomic E-state index is 0.384. The Morgan fingerprint density at radius 3 is 3.00 bits per heavy atom. The molecule has 0 atom stereocenters. The van der Waals surface area contributed by atoms with Gasteiger partial charge in [0.05, 0.1) is 11.2 Å². The molecule has 0 saturated carbocycles. The zero-order valence-corrected chi connectivity index (χ0v) is 10.0. The molecular weight excluding hydrogens is 214 g/mol. The lowest BCUT2D eigenvalue weighted by atomic mass is 10.3. The maximum absolute atomic E-state index is 5.09. The first-order valence-corrected chi connectivity index (χ1v) is 5.95. The fraction of sp³-hybridized carbons (Fsp3) is 0.556. The number of aromatic nitrogens is 1. The number of thiazole rings is 1. The molecule has 0 fully saturated rings. The molecule has 1 heterocycles. The largest absolute Gasteiger partial charge is 0.362 e. The molecule has 0 aromatic carbocycles. The molecule has 0 spiro atoms. The summed E-state index contributed by atoms with van der Waals surface area (Å²) >= 11 is 6.71. The standard InChI is InChI=1S/C9H15N3S2/c1-7(2)12-9(13)10-4-3-8-5-14-6-11-8/h5-7H,3-4H2,1-2H3,(H2,10,12,13). The van der Waals surface area contributed by atoms with E-state index in [9.17, 15) is 0 Å². The Bertz CT molecular complexity index is 270. The smallest absolute Gasteiger partial charge is 0.166 e. The second-order valence-electron chi connectivity index (χ2n) is 3.28. The van der Waals surface area contributed by atoms with Crippen LogP contribution in [-0.4, -0.2) is 22.7 Å². The first kappa shape index (κ1) is 11.4. The van der Waals surface area contributed by atoms with E-state index in [1.54, 1.807) is 11.3 Å². The van der Waals surface area contributed by atoms with E-state index in [0.717, 1.165) is 23.8 Å². The van der Waals surface area contributed by atoms with Gasteiger partial charge in [-0.3, -0.25) is 0 Å². The highest BCUT2D eigenvalue weighted by Gasteiger charge is 1.98. The Kier molecular flexibility index (Phi) is 4.82. The predicted octanol–water partition coefficient (Wildman–Crippen LogP) is 1.56. The summed E-state index contributed by atoms with van der Waals surface area (Å²) < 4.78 is 0. The highest BCUT2D eigenvalue weighted by Crippen LogP contribution is 2.00. The molecule has 1 aromatic rings. The summed E-state index contributed by atoms with van der Waals surface area (Å²) in [4.78, 5) is 4.19. The van der Waals surface area contributed by atoms with E-state index in [4.69, 9.17) is 12.2 Å². The zero-order valence-electron chi connectivity index (χ0n) is 8.41. The topological polar surface area (TPSA) is 37.0 Å². The maximum atomic E-state index is 5.09. The highest BCUT2D eigenvalue weighted by atomic mass is 32.1. The summed E-state index contributed by atoms with van der Waals surface area (Å²) in [6.07, 6.45) is 0.920. The van der Waals surface area contributed by atoms with Crippen molar-refractivity contribution in [3.8, 4) is 0 Å². The van der Waals surface area contributed by atoms with E-state index in [1.807, 2.05) is 5.51 Å². The summed E-state index contributed by atoms with van der Waals surface area (Å²) in [5, 5.41) is 9.04. The van der Waals surface area contributed by atoms with Crippen LogP contribution in [0.25, 0.3) is 0 Å². The molecule has 0 aliphatic heterocycles. The third kappa shape index (κ3) is 4.53. The van der Waals surface area contributed by atoms with E-state index in [2.05, 4.69) is 34.8 Å². The third-order valence-electron chi connectivity index (χ3n) is 1.57. The number of thiocarbonyl (C=S) groups is 1. The Labute approximate surface area is 93.9 Å². The molecule has 1 rings (SSSR count). The van der Waals surface area contributed by atoms with Gasteiger partial charge >= 0.3 is 0 Å². The molecule has 0 amide bonds. The van der Waals surface area contributed by atoms with E-state index >= 15 is 0 Å². The number of nitrogens with one attached hydrogen (secondary N) is 2. The van der Waals surface area contributed by atoms with Crippen molar-refractivity contribution in [2.24, 2.45) is 0 Å². The summed E-state index contributed by atoms with van der Waals surface area (Å²) in [5.74, 6) is 0. The predicted molar refractivity (Wildman–Crippen MR) is 64.7 cm³/mol. The molecule has 14 heavy (non-hydrogen) atoms.